The molecule has 2 amide bonds. The van der Waals surface area contributed by atoms with Gasteiger partial charge in [-0.1, -0.05) is 18.2 Å². The summed E-state index contributed by atoms with van der Waals surface area (Å²) in [5.41, 5.74) is 5.95. The zero-order valence-electron chi connectivity index (χ0n) is 10.1. The number of carbonyl (C=O) groups is 2. The Morgan fingerprint density at radius 1 is 1.33 bits per heavy atom. The van der Waals surface area contributed by atoms with Crippen LogP contribution in [0.2, 0.25) is 0 Å². The van der Waals surface area contributed by atoms with Gasteiger partial charge in [0, 0.05) is 24.7 Å². The lowest BCUT2D eigenvalue weighted by molar-refractivity contribution is -0.128. The molecule has 5 heteroatoms. The highest BCUT2D eigenvalue weighted by atomic mass is 16.2. The molecule has 0 aliphatic carbocycles. The van der Waals surface area contributed by atoms with Gasteiger partial charge in [0.25, 0.3) is 5.91 Å². The van der Waals surface area contributed by atoms with E-state index in [2.05, 4.69) is 5.32 Å². The number of benzene rings is 1. The van der Waals surface area contributed by atoms with Gasteiger partial charge in [-0.25, -0.2) is 0 Å². The van der Waals surface area contributed by atoms with E-state index in [1.165, 1.54) is 0 Å². The van der Waals surface area contributed by atoms with Crippen LogP contribution in [0.3, 0.4) is 0 Å². The molecule has 18 heavy (non-hydrogen) atoms. The molecule has 0 aromatic heterocycles. The molecule has 0 spiro atoms. The molecular formula is C13H17N3O2. The Hall–Kier alpha value is -1.88. The minimum Gasteiger partial charge on any atom is -0.347 e. The van der Waals surface area contributed by atoms with Gasteiger partial charge in [-0.15, -0.1) is 0 Å². The van der Waals surface area contributed by atoms with Gasteiger partial charge in [0.2, 0.25) is 5.91 Å². The van der Waals surface area contributed by atoms with Crippen molar-refractivity contribution in [2.24, 2.45) is 5.73 Å². The van der Waals surface area contributed by atoms with Crippen LogP contribution in [0, 0.1) is 0 Å². The van der Waals surface area contributed by atoms with E-state index in [1.807, 2.05) is 18.2 Å². The Balaban J connectivity index is 1.89. The summed E-state index contributed by atoms with van der Waals surface area (Å²) in [6.45, 7) is 1.24. The summed E-state index contributed by atoms with van der Waals surface area (Å²) in [6.07, 6.45) is 0.782. The van der Waals surface area contributed by atoms with Crippen molar-refractivity contribution < 1.29 is 9.59 Å². The van der Waals surface area contributed by atoms with Gasteiger partial charge < -0.3 is 16.0 Å². The van der Waals surface area contributed by atoms with Crippen LogP contribution in [0.4, 0.5) is 0 Å². The van der Waals surface area contributed by atoms with Gasteiger partial charge in [0.05, 0.1) is 6.54 Å². The fourth-order valence-corrected chi connectivity index (χ4v) is 2.09. The third-order valence-corrected chi connectivity index (χ3v) is 3.09. The first kappa shape index (κ1) is 12.6. The first-order chi connectivity index (χ1) is 8.70. The average Bonchev–Trinajstić information content (AvgIpc) is 2.87. The lowest BCUT2D eigenvalue weighted by atomic mass is 10.2. The second-order valence-corrected chi connectivity index (χ2v) is 4.37. The van der Waals surface area contributed by atoms with E-state index in [9.17, 15) is 9.59 Å². The Morgan fingerprint density at radius 3 is 2.72 bits per heavy atom. The predicted molar refractivity (Wildman–Crippen MR) is 67.9 cm³/mol. The lowest BCUT2D eigenvalue weighted by Gasteiger charge is -2.16. The van der Waals surface area contributed by atoms with Crippen molar-refractivity contribution in [3.8, 4) is 0 Å². The summed E-state index contributed by atoms with van der Waals surface area (Å²) in [5.74, 6) is -0.158. The van der Waals surface area contributed by atoms with E-state index in [-0.39, 0.29) is 24.4 Å². The summed E-state index contributed by atoms with van der Waals surface area (Å²) in [4.78, 5) is 25.0. The van der Waals surface area contributed by atoms with Gasteiger partial charge in [-0.2, -0.15) is 0 Å². The molecular weight excluding hydrogens is 230 g/mol. The molecule has 0 bridgehead atoms. The molecule has 1 heterocycles. The topological polar surface area (TPSA) is 75.4 Å². The standard InChI is InChI=1S/C13H17N3O2/c14-8-12(17)16-7-6-11(9-16)15-13(18)10-4-2-1-3-5-10/h1-5,11H,6-9,14H2,(H,15,18). The predicted octanol–water partition coefficient (Wildman–Crippen LogP) is -0.0240. The van der Waals surface area contributed by atoms with Gasteiger partial charge in [-0.3, -0.25) is 9.59 Å². The molecule has 0 saturated carbocycles. The van der Waals surface area contributed by atoms with Gasteiger partial charge >= 0.3 is 0 Å². The van der Waals surface area contributed by atoms with Crippen LogP contribution in [0.1, 0.15) is 16.8 Å². The van der Waals surface area contributed by atoms with Gasteiger partial charge in [-0.05, 0) is 18.6 Å². The lowest BCUT2D eigenvalue weighted by Crippen LogP contribution is -2.40. The first-order valence-corrected chi connectivity index (χ1v) is 6.04. The third kappa shape index (κ3) is 2.87. The molecule has 1 fully saturated rings. The highest BCUT2D eigenvalue weighted by Gasteiger charge is 2.26. The highest BCUT2D eigenvalue weighted by Crippen LogP contribution is 2.10. The molecule has 1 aliphatic rings. The maximum atomic E-state index is 11.9. The molecule has 1 saturated heterocycles. The van der Waals surface area contributed by atoms with Crippen LogP contribution < -0.4 is 11.1 Å². The van der Waals surface area contributed by atoms with E-state index >= 15 is 0 Å². The molecule has 1 aliphatic heterocycles. The molecule has 5 nitrogen and oxygen atoms in total. The van der Waals surface area contributed by atoms with Crippen LogP contribution in [-0.2, 0) is 4.79 Å². The number of likely N-dealkylation sites (tertiary alicyclic amines) is 1. The van der Waals surface area contributed by atoms with Gasteiger partial charge in [0.1, 0.15) is 0 Å². The molecule has 1 unspecified atom stereocenters. The number of rotatable bonds is 3. The molecule has 1 aromatic carbocycles. The Bertz CT molecular complexity index is 433. The maximum Gasteiger partial charge on any atom is 0.251 e. The van der Waals surface area contributed by atoms with E-state index in [4.69, 9.17) is 5.73 Å². The summed E-state index contributed by atoms with van der Waals surface area (Å²) in [5, 5.41) is 2.93. The number of nitrogens with one attached hydrogen (secondary N) is 1. The molecule has 1 aromatic rings. The zero-order valence-corrected chi connectivity index (χ0v) is 10.1. The number of nitrogens with zero attached hydrogens (tertiary/aromatic N) is 1. The van der Waals surface area contributed by atoms with Crippen molar-refractivity contribution in [3.05, 3.63) is 35.9 Å². The fraction of sp³-hybridized carbons (Fsp3) is 0.385. The van der Waals surface area contributed by atoms with Crippen LogP contribution in [-0.4, -0.2) is 42.4 Å². The Labute approximate surface area is 106 Å². The quantitative estimate of drug-likeness (QED) is 0.788. The van der Waals surface area contributed by atoms with Crippen LogP contribution in [0.5, 0.6) is 0 Å². The fourth-order valence-electron chi connectivity index (χ4n) is 2.09. The molecule has 0 radical (unpaired) electrons. The normalized spacial score (nSPS) is 18.7. The highest BCUT2D eigenvalue weighted by molar-refractivity contribution is 5.94. The summed E-state index contributed by atoms with van der Waals surface area (Å²) >= 11 is 0. The number of amides is 2. The summed E-state index contributed by atoms with van der Waals surface area (Å²) in [7, 11) is 0. The van der Waals surface area contributed by atoms with E-state index in [0.29, 0.717) is 18.7 Å². The van der Waals surface area contributed by atoms with Crippen molar-refractivity contribution in [1.82, 2.24) is 10.2 Å². The van der Waals surface area contributed by atoms with Crippen molar-refractivity contribution in [2.75, 3.05) is 19.6 Å². The number of nitrogens with two attached hydrogens (primary N) is 1. The Morgan fingerprint density at radius 2 is 2.06 bits per heavy atom. The van der Waals surface area contributed by atoms with E-state index < -0.39 is 0 Å². The van der Waals surface area contributed by atoms with Crippen molar-refractivity contribution in [2.45, 2.75) is 12.5 Å². The van der Waals surface area contributed by atoms with Crippen LogP contribution in [0.25, 0.3) is 0 Å². The smallest absolute Gasteiger partial charge is 0.251 e. The van der Waals surface area contributed by atoms with Crippen molar-refractivity contribution in [1.29, 1.82) is 0 Å². The van der Waals surface area contributed by atoms with E-state index in [0.717, 1.165) is 6.42 Å². The molecule has 3 N–H and O–H groups in total. The molecule has 96 valence electrons. The van der Waals surface area contributed by atoms with Crippen molar-refractivity contribution >= 4 is 11.8 Å². The first-order valence-electron chi connectivity index (χ1n) is 6.04. The minimum atomic E-state index is -0.0948. The third-order valence-electron chi connectivity index (χ3n) is 3.09. The van der Waals surface area contributed by atoms with Crippen LogP contribution in [0.15, 0.2) is 30.3 Å². The zero-order chi connectivity index (χ0) is 13.0. The number of hydrogen-bond acceptors (Lipinski definition) is 3. The second kappa shape index (κ2) is 5.64. The summed E-state index contributed by atoms with van der Waals surface area (Å²) in [6, 6.07) is 9.09. The monoisotopic (exact) mass is 247 g/mol. The van der Waals surface area contributed by atoms with Crippen LogP contribution >= 0.6 is 0 Å². The maximum absolute atomic E-state index is 11.9. The molecule has 2 rings (SSSR count). The average molecular weight is 247 g/mol. The molecule has 1 atom stereocenters. The number of carbonyl (C=O) groups excluding carboxylic acids is 2. The van der Waals surface area contributed by atoms with Crippen molar-refractivity contribution in [3.63, 3.8) is 0 Å². The summed E-state index contributed by atoms with van der Waals surface area (Å²) < 4.78 is 0. The second-order valence-electron chi connectivity index (χ2n) is 4.37. The Kier molecular flexibility index (Phi) is 3.94. The largest absolute Gasteiger partial charge is 0.347 e. The number of hydrogen-bond donors (Lipinski definition) is 2. The minimum absolute atomic E-state index is 0.0215. The van der Waals surface area contributed by atoms with Gasteiger partial charge in [0.15, 0.2) is 0 Å². The van der Waals surface area contributed by atoms with E-state index in [1.54, 1.807) is 17.0 Å². The SMILES string of the molecule is NCC(=O)N1CCC(NC(=O)c2ccccc2)C1.